The van der Waals surface area contributed by atoms with E-state index in [0.717, 1.165) is 37.2 Å². The molecule has 0 saturated heterocycles. The van der Waals surface area contributed by atoms with Gasteiger partial charge in [0.05, 0.1) is 6.04 Å². The second-order valence-electron chi connectivity index (χ2n) is 6.02. The summed E-state index contributed by atoms with van der Waals surface area (Å²) in [6.07, 6.45) is 4.09. The maximum absolute atomic E-state index is 12.7. The Labute approximate surface area is 142 Å². The predicted octanol–water partition coefficient (Wildman–Crippen LogP) is 4.84. The van der Waals surface area contributed by atoms with Gasteiger partial charge >= 0.3 is 6.03 Å². The number of aryl methyl sites for hydroxylation is 1. The Bertz CT molecular complexity index is 710. The van der Waals surface area contributed by atoms with Crippen molar-refractivity contribution in [2.24, 2.45) is 0 Å². The van der Waals surface area contributed by atoms with Gasteiger partial charge in [0.2, 0.25) is 0 Å². The molecule has 3 rings (SSSR count). The van der Waals surface area contributed by atoms with Crippen LogP contribution in [0.5, 0.6) is 0 Å². The van der Waals surface area contributed by atoms with Crippen molar-refractivity contribution in [3.05, 3.63) is 52.8 Å². The smallest absolute Gasteiger partial charge is 0.322 e. The van der Waals surface area contributed by atoms with E-state index in [1.165, 1.54) is 5.69 Å². The Morgan fingerprint density at radius 2 is 2.17 bits per heavy atom. The van der Waals surface area contributed by atoms with Crippen LogP contribution in [-0.4, -0.2) is 22.0 Å². The number of nitrogens with zero attached hydrogens (tertiary/aromatic N) is 2. The van der Waals surface area contributed by atoms with Gasteiger partial charge in [0, 0.05) is 35.7 Å². The molecule has 122 valence electrons. The zero-order valence-electron chi connectivity index (χ0n) is 13.6. The number of urea groups is 1. The second kappa shape index (κ2) is 6.67. The summed E-state index contributed by atoms with van der Waals surface area (Å²) in [6, 6.07) is 9.85. The first kappa shape index (κ1) is 15.9. The molecule has 0 aliphatic carbocycles. The highest BCUT2D eigenvalue weighted by Gasteiger charge is 2.30. The van der Waals surface area contributed by atoms with Crippen LogP contribution in [0.1, 0.15) is 37.1 Å². The van der Waals surface area contributed by atoms with E-state index in [9.17, 15) is 4.79 Å². The first-order chi connectivity index (χ1) is 11.1. The van der Waals surface area contributed by atoms with Gasteiger partial charge in [0.15, 0.2) is 0 Å². The average molecular weight is 332 g/mol. The number of carbonyl (C=O) groups excluding carboxylic acids is 1. The molecule has 1 aromatic heterocycles. The van der Waals surface area contributed by atoms with Gasteiger partial charge in [0.25, 0.3) is 0 Å². The lowest BCUT2D eigenvalue weighted by molar-refractivity contribution is 0.163. The van der Waals surface area contributed by atoms with Crippen molar-refractivity contribution >= 4 is 23.3 Å². The van der Waals surface area contributed by atoms with Crippen LogP contribution in [-0.2, 0) is 6.54 Å². The summed E-state index contributed by atoms with van der Waals surface area (Å²) in [5.74, 6) is 0. The number of amides is 2. The average Bonchev–Trinajstić information content (AvgIpc) is 3.00. The third kappa shape index (κ3) is 3.22. The van der Waals surface area contributed by atoms with E-state index in [-0.39, 0.29) is 12.1 Å². The van der Waals surface area contributed by atoms with Gasteiger partial charge in [-0.05, 0) is 43.2 Å². The molecule has 23 heavy (non-hydrogen) atoms. The van der Waals surface area contributed by atoms with Crippen molar-refractivity contribution < 1.29 is 4.79 Å². The van der Waals surface area contributed by atoms with Gasteiger partial charge in [-0.2, -0.15) is 0 Å². The van der Waals surface area contributed by atoms with Crippen LogP contribution in [0.3, 0.4) is 0 Å². The maximum Gasteiger partial charge on any atom is 0.322 e. The van der Waals surface area contributed by atoms with E-state index in [1.54, 1.807) is 6.07 Å². The molecule has 2 aromatic rings. The van der Waals surface area contributed by atoms with Gasteiger partial charge in [0.1, 0.15) is 0 Å². The number of aromatic nitrogens is 1. The molecule has 1 aromatic carbocycles. The lowest BCUT2D eigenvalue weighted by Gasteiger charge is -2.37. The largest absolute Gasteiger partial charge is 0.348 e. The first-order valence-electron chi connectivity index (χ1n) is 8.09. The molecule has 0 spiro atoms. The second-order valence-corrected chi connectivity index (χ2v) is 6.43. The Morgan fingerprint density at radius 3 is 2.91 bits per heavy atom. The number of hydrogen-bond acceptors (Lipinski definition) is 1. The summed E-state index contributed by atoms with van der Waals surface area (Å²) < 4.78 is 2.24. The van der Waals surface area contributed by atoms with Crippen LogP contribution in [0, 0.1) is 6.92 Å². The monoisotopic (exact) mass is 331 g/mol. The van der Waals surface area contributed by atoms with Gasteiger partial charge in [-0.3, -0.25) is 0 Å². The molecule has 1 aliphatic rings. The zero-order valence-corrected chi connectivity index (χ0v) is 14.3. The number of rotatable bonds is 3. The number of hydrogen-bond donors (Lipinski definition) is 1. The van der Waals surface area contributed by atoms with Crippen molar-refractivity contribution in [3.63, 3.8) is 0 Å². The molecule has 2 heterocycles. The third-order valence-corrected chi connectivity index (χ3v) is 4.82. The normalized spacial score (nSPS) is 17.0. The first-order valence-corrected chi connectivity index (χ1v) is 8.46. The summed E-state index contributed by atoms with van der Waals surface area (Å²) >= 11 is 6.15. The Morgan fingerprint density at radius 1 is 1.35 bits per heavy atom. The quantitative estimate of drug-likeness (QED) is 0.858. The van der Waals surface area contributed by atoms with Crippen molar-refractivity contribution in [1.29, 1.82) is 0 Å². The van der Waals surface area contributed by atoms with Crippen molar-refractivity contribution in [2.75, 3.05) is 11.9 Å². The van der Waals surface area contributed by atoms with Crippen LogP contribution in [0.4, 0.5) is 10.5 Å². The van der Waals surface area contributed by atoms with Gasteiger partial charge in [-0.1, -0.05) is 31.0 Å². The molecule has 0 saturated carbocycles. The topological polar surface area (TPSA) is 37.3 Å². The van der Waals surface area contributed by atoms with Crippen molar-refractivity contribution in [1.82, 2.24) is 9.47 Å². The SMILES string of the molecule is CCC[C@H]1c2cccn2CCN1C(=O)Nc1ccc(C)c(Cl)c1. The molecule has 5 heteroatoms. The van der Waals surface area contributed by atoms with Gasteiger partial charge in [-0.25, -0.2) is 4.79 Å². The summed E-state index contributed by atoms with van der Waals surface area (Å²) in [4.78, 5) is 14.7. The zero-order chi connectivity index (χ0) is 16.4. The molecule has 2 amide bonds. The Hall–Kier alpha value is -1.94. The van der Waals surface area contributed by atoms with E-state index in [0.29, 0.717) is 5.02 Å². The van der Waals surface area contributed by atoms with Crippen molar-refractivity contribution in [3.8, 4) is 0 Å². The van der Waals surface area contributed by atoms with Crippen LogP contribution in [0.15, 0.2) is 36.5 Å². The standard InChI is InChI=1S/C18H22ClN3O/c1-3-5-17-16-6-4-9-21(16)10-11-22(17)18(23)20-14-8-7-13(2)15(19)12-14/h4,6-9,12,17H,3,5,10-11H2,1-2H3,(H,20,23)/t17-/m0/s1. The summed E-state index contributed by atoms with van der Waals surface area (Å²) in [5, 5.41) is 3.65. The molecular formula is C18H22ClN3O. The highest BCUT2D eigenvalue weighted by atomic mass is 35.5. The Kier molecular flexibility index (Phi) is 4.62. The number of halogens is 1. The molecule has 0 radical (unpaired) electrons. The van der Waals surface area contributed by atoms with E-state index in [1.807, 2.05) is 24.0 Å². The third-order valence-electron chi connectivity index (χ3n) is 4.41. The number of fused-ring (bicyclic) bond motifs is 1. The fraction of sp³-hybridized carbons (Fsp3) is 0.389. The van der Waals surface area contributed by atoms with E-state index < -0.39 is 0 Å². The highest BCUT2D eigenvalue weighted by Crippen LogP contribution is 2.30. The van der Waals surface area contributed by atoms with E-state index in [4.69, 9.17) is 11.6 Å². The molecular weight excluding hydrogens is 310 g/mol. The lowest BCUT2D eigenvalue weighted by Crippen LogP contribution is -2.44. The number of nitrogens with one attached hydrogen (secondary N) is 1. The summed E-state index contributed by atoms with van der Waals surface area (Å²) in [5.41, 5.74) is 2.96. The van der Waals surface area contributed by atoms with Crippen LogP contribution >= 0.6 is 11.6 Å². The molecule has 4 nitrogen and oxygen atoms in total. The molecule has 1 atom stereocenters. The molecule has 0 bridgehead atoms. The van der Waals surface area contributed by atoms with E-state index >= 15 is 0 Å². The summed E-state index contributed by atoms with van der Waals surface area (Å²) in [7, 11) is 0. The highest BCUT2D eigenvalue weighted by molar-refractivity contribution is 6.31. The van der Waals surface area contributed by atoms with Crippen LogP contribution in [0.25, 0.3) is 0 Å². The maximum atomic E-state index is 12.7. The van der Waals surface area contributed by atoms with Crippen LogP contribution < -0.4 is 5.32 Å². The van der Waals surface area contributed by atoms with E-state index in [2.05, 4.69) is 35.1 Å². The predicted molar refractivity (Wildman–Crippen MR) is 94.0 cm³/mol. The fourth-order valence-corrected chi connectivity index (χ4v) is 3.33. The van der Waals surface area contributed by atoms with Gasteiger partial charge in [-0.15, -0.1) is 0 Å². The molecule has 1 N–H and O–H groups in total. The molecule has 0 fully saturated rings. The molecule has 1 aliphatic heterocycles. The minimum Gasteiger partial charge on any atom is -0.348 e. The minimum atomic E-state index is -0.0594. The fourth-order valence-electron chi connectivity index (χ4n) is 3.15. The number of anilines is 1. The number of carbonyl (C=O) groups is 1. The molecule has 0 unspecified atom stereocenters. The lowest BCUT2D eigenvalue weighted by atomic mass is 10.0. The number of benzene rings is 1. The minimum absolute atomic E-state index is 0.0594. The Balaban J connectivity index is 1.79. The van der Waals surface area contributed by atoms with Crippen molar-refractivity contribution in [2.45, 2.75) is 39.3 Å². The summed E-state index contributed by atoms with van der Waals surface area (Å²) in [6.45, 7) is 5.66. The van der Waals surface area contributed by atoms with Gasteiger partial charge < -0.3 is 14.8 Å². The van der Waals surface area contributed by atoms with Crippen LogP contribution in [0.2, 0.25) is 5.02 Å².